The van der Waals surface area contributed by atoms with Crippen LogP contribution in [0.1, 0.15) is 20.8 Å². The third-order valence-electron chi connectivity index (χ3n) is 3.08. The van der Waals surface area contributed by atoms with Gasteiger partial charge in [-0.05, 0) is 24.3 Å². The molecule has 0 atom stereocenters. The normalized spacial score (nSPS) is 11.5. The van der Waals surface area contributed by atoms with Gasteiger partial charge in [-0.15, -0.1) is 35.7 Å². The molecule has 0 saturated heterocycles. The fourth-order valence-corrected chi connectivity index (χ4v) is 2.61. The number of carbonyl (C=O) groups excluding carboxylic acids is 1. The highest BCUT2D eigenvalue weighted by molar-refractivity contribution is 14.0. The summed E-state index contributed by atoms with van der Waals surface area (Å²) >= 11 is 7.62. The van der Waals surface area contributed by atoms with Gasteiger partial charge in [0, 0.05) is 47.8 Å². The smallest absolute Gasteiger partial charge is 0.225 e. The zero-order chi connectivity index (χ0) is 18.0. The summed E-state index contributed by atoms with van der Waals surface area (Å²) in [6, 6.07) is 7.81. The van der Waals surface area contributed by atoms with Crippen LogP contribution in [0.2, 0.25) is 5.02 Å². The van der Waals surface area contributed by atoms with Crippen molar-refractivity contribution in [1.29, 1.82) is 0 Å². The highest BCUT2D eigenvalue weighted by Crippen LogP contribution is 2.19. The molecule has 25 heavy (non-hydrogen) atoms. The summed E-state index contributed by atoms with van der Waals surface area (Å²) in [4.78, 5) is 17.1. The molecule has 1 aromatic carbocycles. The Kier molecular flexibility index (Phi) is 12.3. The molecule has 0 aliphatic carbocycles. The van der Waals surface area contributed by atoms with Crippen LogP contribution in [0.5, 0.6) is 0 Å². The number of carbonyl (C=O) groups is 1. The molecule has 0 aliphatic heterocycles. The van der Waals surface area contributed by atoms with E-state index in [0.717, 1.165) is 23.3 Å². The predicted molar refractivity (Wildman–Crippen MR) is 119 cm³/mol. The van der Waals surface area contributed by atoms with Crippen LogP contribution >= 0.6 is 47.3 Å². The molecule has 0 radical (unpaired) electrons. The number of guanidine groups is 1. The van der Waals surface area contributed by atoms with E-state index in [1.54, 1.807) is 18.8 Å². The first-order valence-electron chi connectivity index (χ1n) is 7.94. The van der Waals surface area contributed by atoms with Crippen molar-refractivity contribution < 1.29 is 4.79 Å². The minimum absolute atomic E-state index is 0. The molecule has 0 bridgehead atoms. The zero-order valence-corrected chi connectivity index (χ0v) is 19.1. The third kappa shape index (κ3) is 10.8. The minimum Gasteiger partial charge on any atom is -0.356 e. The van der Waals surface area contributed by atoms with E-state index in [-0.39, 0.29) is 35.3 Å². The standard InChI is InChI=1S/C17H27ClN4OS.HI/c1-17(2,3)15(23)20-9-10-21-16(19-4)22-11-12-24-14-7-5-13(18)6-8-14;/h5-8H,9-12H2,1-4H3,(H,20,23)(H2,19,21,22);1H. The minimum atomic E-state index is -0.362. The van der Waals surface area contributed by atoms with Gasteiger partial charge in [0.05, 0.1) is 0 Å². The predicted octanol–water partition coefficient (Wildman–Crippen LogP) is 3.38. The molecular weight excluding hydrogens is 471 g/mol. The van der Waals surface area contributed by atoms with E-state index < -0.39 is 0 Å². The summed E-state index contributed by atoms with van der Waals surface area (Å²) < 4.78 is 0. The molecule has 0 aliphatic rings. The number of rotatable bonds is 7. The van der Waals surface area contributed by atoms with Gasteiger partial charge in [-0.2, -0.15) is 0 Å². The quantitative estimate of drug-likeness (QED) is 0.177. The number of aliphatic imine (C=N–C) groups is 1. The van der Waals surface area contributed by atoms with E-state index in [4.69, 9.17) is 11.6 Å². The molecule has 142 valence electrons. The van der Waals surface area contributed by atoms with Crippen LogP contribution < -0.4 is 16.0 Å². The van der Waals surface area contributed by atoms with Gasteiger partial charge in [0.15, 0.2) is 5.96 Å². The van der Waals surface area contributed by atoms with Crippen LogP contribution in [0.3, 0.4) is 0 Å². The number of amides is 1. The van der Waals surface area contributed by atoms with Gasteiger partial charge < -0.3 is 16.0 Å². The Bertz CT molecular complexity index is 547. The molecule has 5 nitrogen and oxygen atoms in total. The Hall–Kier alpha value is -0.670. The molecule has 0 saturated carbocycles. The molecule has 8 heteroatoms. The first-order chi connectivity index (χ1) is 11.3. The second-order valence-electron chi connectivity index (χ2n) is 6.23. The van der Waals surface area contributed by atoms with E-state index in [1.807, 2.05) is 45.0 Å². The number of thioether (sulfide) groups is 1. The topological polar surface area (TPSA) is 65.5 Å². The van der Waals surface area contributed by atoms with Gasteiger partial charge in [-0.25, -0.2) is 0 Å². The lowest BCUT2D eigenvalue weighted by atomic mass is 9.96. The Morgan fingerprint density at radius 3 is 2.20 bits per heavy atom. The summed E-state index contributed by atoms with van der Waals surface area (Å²) in [7, 11) is 1.73. The van der Waals surface area contributed by atoms with Crippen LogP contribution in [0.4, 0.5) is 0 Å². The molecule has 1 rings (SSSR count). The lowest BCUT2D eigenvalue weighted by Crippen LogP contribution is -2.43. The monoisotopic (exact) mass is 498 g/mol. The maximum absolute atomic E-state index is 11.7. The van der Waals surface area contributed by atoms with Crippen molar-refractivity contribution in [3.8, 4) is 0 Å². The lowest BCUT2D eigenvalue weighted by Gasteiger charge is -2.18. The molecule has 0 heterocycles. The Morgan fingerprint density at radius 2 is 1.64 bits per heavy atom. The van der Waals surface area contributed by atoms with Crippen molar-refractivity contribution in [2.24, 2.45) is 10.4 Å². The molecule has 1 aromatic rings. The summed E-state index contributed by atoms with van der Waals surface area (Å²) in [6.45, 7) is 7.68. The first kappa shape index (κ1) is 24.3. The largest absolute Gasteiger partial charge is 0.356 e. The van der Waals surface area contributed by atoms with Crippen molar-refractivity contribution in [1.82, 2.24) is 16.0 Å². The number of nitrogens with zero attached hydrogens (tertiary/aromatic N) is 1. The molecule has 0 unspecified atom stereocenters. The van der Waals surface area contributed by atoms with E-state index in [1.165, 1.54) is 4.90 Å². The van der Waals surface area contributed by atoms with E-state index in [9.17, 15) is 4.79 Å². The van der Waals surface area contributed by atoms with Gasteiger partial charge in [0.2, 0.25) is 5.91 Å². The second kappa shape index (κ2) is 12.6. The fourth-order valence-electron chi connectivity index (χ4n) is 1.71. The van der Waals surface area contributed by atoms with Gasteiger partial charge in [0.1, 0.15) is 0 Å². The van der Waals surface area contributed by atoms with Crippen LogP contribution in [0, 0.1) is 5.41 Å². The number of hydrogen-bond donors (Lipinski definition) is 3. The summed E-state index contributed by atoms with van der Waals surface area (Å²) in [5.74, 6) is 1.70. The van der Waals surface area contributed by atoms with Gasteiger partial charge >= 0.3 is 0 Å². The zero-order valence-electron chi connectivity index (χ0n) is 15.2. The maximum atomic E-state index is 11.7. The number of halogens is 2. The molecule has 0 spiro atoms. The second-order valence-corrected chi connectivity index (χ2v) is 7.84. The number of nitrogens with one attached hydrogen (secondary N) is 3. The lowest BCUT2D eigenvalue weighted by molar-refractivity contribution is -0.128. The van der Waals surface area contributed by atoms with Gasteiger partial charge in [0.25, 0.3) is 0 Å². The van der Waals surface area contributed by atoms with Crippen molar-refractivity contribution in [2.75, 3.05) is 32.4 Å². The number of benzene rings is 1. The Morgan fingerprint density at radius 1 is 1.08 bits per heavy atom. The average Bonchev–Trinajstić information content (AvgIpc) is 2.53. The van der Waals surface area contributed by atoms with Crippen molar-refractivity contribution in [3.05, 3.63) is 29.3 Å². The van der Waals surface area contributed by atoms with Crippen molar-refractivity contribution in [3.63, 3.8) is 0 Å². The average molecular weight is 499 g/mol. The molecule has 1 amide bonds. The van der Waals surface area contributed by atoms with Gasteiger partial charge in [-0.1, -0.05) is 32.4 Å². The summed E-state index contributed by atoms with van der Waals surface area (Å²) in [5.41, 5.74) is -0.362. The summed E-state index contributed by atoms with van der Waals surface area (Å²) in [6.07, 6.45) is 0. The van der Waals surface area contributed by atoms with Crippen molar-refractivity contribution >= 4 is 59.2 Å². The molecule has 0 fully saturated rings. The fraction of sp³-hybridized carbons (Fsp3) is 0.529. The van der Waals surface area contributed by atoms with Gasteiger partial charge in [-0.3, -0.25) is 9.79 Å². The van der Waals surface area contributed by atoms with Crippen LogP contribution in [0.15, 0.2) is 34.2 Å². The van der Waals surface area contributed by atoms with E-state index >= 15 is 0 Å². The SMILES string of the molecule is CN=C(NCCNC(=O)C(C)(C)C)NCCSc1ccc(Cl)cc1.I. The van der Waals surface area contributed by atoms with E-state index in [2.05, 4.69) is 20.9 Å². The molecular formula is C17H28ClIN4OS. The Labute approximate surface area is 177 Å². The Balaban J connectivity index is 0.00000576. The first-order valence-corrected chi connectivity index (χ1v) is 9.30. The van der Waals surface area contributed by atoms with Crippen LogP contribution in [0.25, 0.3) is 0 Å². The van der Waals surface area contributed by atoms with Crippen LogP contribution in [-0.2, 0) is 4.79 Å². The van der Waals surface area contributed by atoms with E-state index in [0.29, 0.717) is 13.1 Å². The summed E-state index contributed by atoms with van der Waals surface area (Å²) in [5, 5.41) is 10.1. The third-order valence-corrected chi connectivity index (χ3v) is 4.35. The number of hydrogen-bond acceptors (Lipinski definition) is 3. The van der Waals surface area contributed by atoms with Crippen molar-refractivity contribution in [2.45, 2.75) is 25.7 Å². The molecule has 0 aromatic heterocycles. The maximum Gasteiger partial charge on any atom is 0.225 e. The highest BCUT2D eigenvalue weighted by Gasteiger charge is 2.20. The van der Waals surface area contributed by atoms with Crippen LogP contribution in [-0.4, -0.2) is 44.3 Å². The highest BCUT2D eigenvalue weighted by atomic mass is 127. The molecule has 3 N–H and O–H groups in total.